The van der Waals surface area contributed by atoms with Crippen molar-refractivity contribution in [3.8, 4) is 0 Å². The topological polar surface area (TPSA) is 146 Å². The molecule has 0 spiro atoms. The third-order valence-electron chi connectivity index (χ3n) is 4.94. The number of carbonyl (C=O) groups excluding carboxylic acids is 1. The number of halogens is 7. The number of carbonyl (C=O) groups is 3. The molecule has 1 fully saturated rings. The zero-order valence-corrected chi connectivity index (χ0v) is 21.8. The smallest absolute Gasteiger partial charge is 0.483 e. The number of aliphatic carboxylic acids is 1. The SMILES string of the molecule is COC[C@H]1CCCN1c1ccc2nc(NC(=O)c3ccccc3Cl)cn2n1.FC(F)F.O=C(O)C(F)(F)F.O=CO. The number of carboxylic acid groups (broad SMARTS) is 2. The largest absolute Gasteiger partial charge is 0.490 e. The van der Waals surface area contributed by atoms with Gasteiger partial charge in [0.2, 0.25) is 0 Å². The van der Waals surface area contributed by atoms with Gasteiger partial charge in [-0.25, -0.2) is 14.3 Å². The first-order valence-electron chi connectivity index (χ1n) is 11.2. The number of rotatable bonds is 5. The standard InChI is InChI=1S/C19H20ClN5O2.C2HF3O2.CHF3.CH2O2/c1-27-12-13-5-4-10-24(13)18-9-8-17-21-16(11-25(17)23-18)22-19(26)14-6-2-3-7-15(14)20;3-2(4,5)1(6)7;2-1(3)4;2-1-3/h2-3,6-9,11,13H,4-5,10,12H2,1H3,(H,22,26);(H,6,7);1H;1H,(H,2,3)/t13-;;;/m1.../s1. The number of benzene rings is 1. The fourth-order valence-corrected chi connectivity index (χ4v) is 3.64. The predicted molar refractivity (Wildman–Crippen MR) is 134 cm³/mol. The van der Waals surface area contributed by atoms with Crippen molar-refractivity contribution in [3.05, 3.63) is 53.2 Å². The number of hydrogen-bond donors (Lipinski definition) is 3. The number of nitrogens with one attached hydrogen (secondary N) is 1. The lowest BCUT2D eigenvalue weighted by atomic mass is 10.2. The predicted octanol–water partition coefficient (Wildman–Crippen LogP) is 4.76. The molecule has 11 nitrogen and oxygen atoms in total. The van der Waals surface area contributed by atoms with Gasteiger partial charge in [0.05, 0.1) is 29.4 Å². The summed E-state index contributed by atoms with van der Waals surface area (Å²) >= 11 is 6.08. The van der Waals surface area contributed by atoms with E-state index < -0.39 is 18.8 Å². The zero-order chi connectivity index (χ0) is 31.2. The van der Waals surface area contributed by atoms with Crippen LogP contribution in [-0.4, -0.2) is 82.3 Å². The Labute approximate surface area is 233 Å². The van der Waals surface area contributed by atoms with Crippen LogP contribution in [0, 0.1) is 0 Å². The van der Waals surface area contributed by atoms with Crippen molar-refractivity contribution >= 4 is 47.2 Å². The Bertz CT molecular complexity index is 1280. The van der Waals surface area contributed by atoms with Gasteiger partial charge in [0.15, 0.2) is 11.5 Å². The molecule has 3 N–H and O–H groups in total. The molecule has 0 saturated carbocycles. The third kappa shape index (κ3) is 11.9. The molecule has 1 aromatic carbocycles. The Morgan fingerprint density at radius 2 is 1.80 bits per heavy atom. The molecule has 0 bridgehead atoms. The average molecular weight is 616 g/mol. The van der Waals surface area contributed by atoms with E-state index in [0.29, 0.717) is 34.7 Å². The highest BCUT2D eigenvalue weighted by atomic mass is 35.5. The summed E-state index contributed by atoms with van der Waals surface area (Å²) in [6.45, 7) is -2.28. The Morgan fingerprint density at radius 1 is 1.22 bits per heavy atom. The molecule has 226 valence electrons. The van der Waals surface area contributed by atoms with E-state index in [1.807, 2.05) is 12.1 Å². The van der Waals surface area contributed by atoms with Gasteiger partial charge in [-0.05, 0) is 37.1 Å². The minimum absolute atomic E-state index is 0.250. The summed E-state index contributed by atoms with van der Waals surface area (Å²) in [6.07, 6.45) is -1.16. The van der Waals surface area contributed by atoms with E-state index in [1.165, 1.54) is 0 Å². The van der Waals surface area contributed by atoms with Crippen molar-refractivity contribution in [2.75, 3.05) is 30.5 Å². The van der Waals surface area contributed by atoms with Crippen LogP contribution in [0.1, 0.15) is 23.2 Å². The highest BCUT2D eigenvalue weighted by molar-refractivity contribution is 6.34. The molecule has 2 aromatic heterocycles. The van der Waals surface area contributed by atoms with Crippen LogP contribution in [0.3, 0.4) is 0 Å². The normalized spacial score (nSPS) is 14.2. The van der Waals surface area contributed by atoms with Gasteiger partial charge in [-0.3, -0.25) is 9.59 Å². The lowest BCUT2D eigenvalue weighted by molar-refractivity contribution is -0.192. The van der Waals surface area contributed by atoms with Gasteiger partial charge in [-0.1, -0.05) is 23.7 Å². The molecule has 0 unspecified atom stereocenters. The number of alkyl halides is 6. The van der Waals surface area contributed by atoms with Crippen molar-refractivity contribution in [3.63, 3.8) is 0 Å². The summed E-state index contributed by atoms with van der Waals surface area (Å²) in [4.78, 5) is 36.3. The van der Waals surface area contributed by atoms with Gasteiger partial charge in [-0.15, -0.1) is 5.10 Å². The summed E-state index contributed by atoms with van der Waals surface area (Å²) in [7, 11) is 1.72. The number of anilines is 2. The number of methoxy groups -OCH3 is 1. The maximum Gasteiger partial charge on any atom is 0.490 e. The second kappa shape index (κ2) is 16.9. The lowest BCUT2D eigenvalue weighted by Gasteiger charge is -2.24. The average Bonchev–Trinajstić information content (AvgIpc) is 3.50. The Hall–Kier alpha value is -4.12. The van der Waals surface area contributed by atoms with Crippen molar-refractivity contribution in [1.82, 2.24) is 14.6 Å². The molecule has 18 heteroatoms. The van der Waals surface area contributed by atoms with E-state index in [1.54, 1.807) is 42.1 Å². The molecule has 4 rings (SSSR count). The molecule has 1 amide bonds. The molecule has 3 heterocycles. The number of hydrogen-bond acceptors (Lipinski definition) is 7. The van der Waals surface area contributed by atoms with Gasteiger partial charge < -0.3 is 25.2 Å². The molecule has 0 aliphatic carbocycles. The van der Waals surface area contributed by atoms with Gasteiger partial charge in [0, 0.05) is 13.7 Å². The first kappa shape index (κ1) is 34.9. The van der Waals surface area contributed by atoms with E-state index in [2.05, 4.69) is 20.3 Å². The summed E-state index contributed by atoms with van der Waals surface area (Å²) < 4.78 is 67.7. The summed E-state index contributed by atoms with van der Waals surface area (Å²) in [5, 5.41) is 21.8. The Kier molecular flexibility index (Phi) is 14.4. The first-order valence-corrected chi connectivity index (χ1v) is 11.6. The molecular formula is C23H24ClF6N5O6. The molecule has 1 saturated heterocycles. The number of carboxylic acids is 1. The van der Waals surface area contributed by atoms with Crippen LogP contribution >= 0.6 is 11.6 Å². The van der Waals surface area contributed by atoms with Gasteiger partial charge in [0.25, 0.3) is 12.4 Å². The minimum atomic E-state index is -5.08. The number of amides is 1. The lowest BCUT2D eigenvalue weighted by Crippen LogP contribution is -2.33. The number of nitrogens with zero attached hydrogens (tertiary/aromatic N) is 4. The summed E-state index contributed by atoms with van der Waals surface area (Å²) in [5.74, 6) is -1.75. The van der Waals surface area contributed by atoms with Gasteiger partial charge in [0.1, 0.15) is 5.82 Å². The van der Waals surface area contributed by atoms with Crippen LogP contribution in [0.5, 0.6) is 0 Å². The maximum atomic E-state index is 12.4. The molecule has 1 atom stereocenters. The third-order valence-corrected chi connectivity index (χ3v) is 5.27. The number of imidazole rings is 1. The second-order valence-electron chi connectivity index (χ2n) is 7.65. The van der Waals surface area contributed by atoms with Crippen molar-refractivity contribution in [2.24, 2.45) is 0 Å². The molecular weight excluding hydrogens is 592 g/mol. The van der Waals surface area contributed by atoms with Crippen LogP contribution in [0.4, 0.5) is 38.0 Å². The highest BCUT2D eigenvalue weighted by Gasteiger charge is 2.38. The van der Waals surface area contributed by atoms with Crippen LogP contribution in [-0.2, 0) is 14.3 Å². The second-order valence-corrected chi connectivity index (χ2v) is 8.06. The highest BCUT2D eigenvalue weighted by Crippen LogP contribution is 2.25. The Morgan fingerprint density at radius 3 is 2.34 bits per heavy atom. The van der Waals surface area contributed by atoms with E-state index in [4.69, 9.17) is 36.1 Å². The number of ether oxygens (including phenoxy) is 1. The molecule has 1 aliphatic heterocycles. The fraction of sp³-hybridized carbons (Fsp3) is 0.348. The van der Waals surface area contributed by atoms with Crippen LogP contribution in [0.15, 0.2) is 42.6 Å². The van der Waals surface area contributed by atoms with Crippen LogP contribution in [0.2, 0.25) is 5.02 Å². The number of fused-ring (bicyclic) bond motifs is 1. The minimum Gasteiger partial charge on any atom is -0.483 e. The van der Waals surface area contributed by atoms with E-state index in [9.17, 15) is 31.1 Å². The number of aromatic nitrogens is 3. The fourth-order valence-electron chi connectivity index (χ4n) is 3.42. The van der Waals surface area contributed by atoms with Gasteiger partial charge in [-0.2, -0.15) is 26.3 Å². The van der Waals surface area contributed by atoms with E-state index in [-0.39, 0.29) is 12.4 Å². The van der Waals surface area contributed by atoms with Crippen LogP contribution in [0.25, 0.3) is 5.65 Å². The van der Waals surface area contributed by atoms with E-state index in [0.717, 1.165) is 25.2 Å². The molecule has 1 aliphatic rings. The van der Waals surface area contributed by atoms with Crippen molar-refractivity contribution < 1.29 is 55.7 Å². The quantitative estimate of drug-likeness (QED) is 0.273. The maximum absolute atomic E-state index is 12.4. The van der Waals surface area contributed by atoms with E-state index >= 15 is 0 Å². The Balaban J connectivity index is 0.000000503. The summed E-state index contributed by atoms with van der Waals surface area (Å²) in [5.41, 5.74) is 1.07. The zero-order valence-electron chi connectivity index (χ0n) is 21.1. The summed E-state index contributed by atoms with van der Waals surface area (Å²) in [6, 6.07) is 11.1. The van der Waals surface area contributed by atoms with Crippen molar-refractivity contribution in [2.45, 2.75) is 31.7 Å². The first-order chi connectivity index (χ1) is 19.2. The van der Waals surface area contributed by atoms with Gasteiger partial charge >= 0.3 is 18.8 Å². The monoisotopic (exact) mass is 615 g/mol. The van der Waals surface area contributed by atoms with Crippen LogP contribution < -0.4 is 10.2 Å². The molecule has 0 radical (unpaired) electrons. The molecule has 3 aromatic rings. The molecule has 41 heavy (non-hydrogen) atoms. The van der Waals surface area contributed by atoms with Crippen molar-refractivity contribution in [1.29, 1.82) is 0 Å².